The van der Waals surface area contributed by atoms with Gasteiger partial charge >= 0.3 is 0 Å². The van der Waals surface area contributed by atoms with Gasteiger partial charge in [-0.3, -0.25) is 0 Å². The van der Waals surface area contributed by atoms with Crippen molar-refractivity contribution in [3.8, 4) is 11.8 Å². The summed E-state index contributed by atoms with van der Waals surface area (Å²) in [6, 6.07) is 10.5. The Hall–Kier alpha value is -1.53. The SMILES string of the molecule is C[C@H](NCc1ccc(OCC#N)cc1)C1CCCC1. The van der Waals surface area contributed by atoms with Crippen molar-refractivity contribution < 1.29 is 4.74 Å². The van der Waals surface area contributed by atoms with Crippen LogP contribution in [0.25, 0.3) is 0 Å². The smallest absolute Gasteiger partial charge is 0.174 e. The van der Waals surface area contributed by atoms with Crippen molar-refractivity contribution >= 4 is 0 Å². The molecule has 0 bridgehead atoms. The zero-order valence-corrected chi connectivity index (χ0v) is 11.6. The first-order chi connectivity index (χ1) is 9.29. The summed E-state index contributed by atoms with van der Waals surface area (Å²) in [5.74, 6) is 1.60. The first-order valence-electron chi connectivity index (χ1n) is 7.11. The molecule has 1 N–H and O–H groups in total. The van der Waals surface area contributed by atoms with Crippen molar-refractivity contribution in [1.82, 2.24) is 5.32 Å². The van der Waals surface area contributed by atoms with E-state index in [1.54, 1.807) is 0 Å². The zero-order valence-electron chi connectivity index (χ0n) is 11.6. The highest BCUT2D eigenvalue weighted by atomic mass is 16.5. The maximum atomic E-state index is 8.45. The van der Waals surface area contributed by atoms with Gasteiger partial charge < -0.3 is 10.1 Å². The fourth-order valence-corrected chi connectivity index (χ4v) is 2.72. The summed E-state index contributed by atoms with van der Waals surface area (Å²) in [7, 11) is 0. The Labute approximate surface area is 115 Å². The molecule has 1 aromatic carbocycles. The normalized spacial score (nSPS) is 17.1. The second-order valence-corrected chi connectivity index (χ2v) is 5.30. The van der Waals surface area contributed by atoms with E-state index in [4.69, 9.17) is 10.00 Å². The summed E-state index contributed by atoms with van der Waals surface area (Å²) < 4.78 is 5.24. The van der Waals surface area contributed by atoms with Gasteiger partial charge in [-0.2, -0.15) is 5.26 Å². The van der Waals surface area contributed by atoms with Gasteiger partial charge in [0.1, 0.15) is 11.8 Å². The third-order valence-corrected chi connectivity index (χ3v) is 3.96. The maximum Gasteiger partial charge on any atom is 0.174 e. The second-order valence-electron chi connectivity index (χ2n) is 5.30. The van der Waals surface area contributed by atoms with Crippen molar-refractivity contribution in [3.05, 3.63) is 29.8 Å². The van der Waals surface area contributed by atoms with Gasteiger partial charge in [0.25, 0.3) is 0 Å². The number of nitriles is 1. The van der Waals surface area contributed by atoms with Crippen LogP contribution in [0.3, 0.4) is 0 Å². The number of ether oxygens (including phenoxy) is 1. The average molecular weight is 258 g/mol. The third kappa shape index (κ3) is 4.25. The topological polar surface area (TPSA) is 45.0 Å². The number of hydrogen-bond acceptors (Lipinski definition) is 3. The van der Waals surface area contributed by atoms with Crippen molar-refractivity contribution in [3.63, 3.8) is 0 Å². The molecule has 0 amide bonds. The molecule has 0 spiro atoms. The van der Waals surface area contributed by atoms with Gasteiger partial charge in [-0.05, 0) is 43.4 Å². The molecule has 1 aliphatic rings. The Bertz CT molecular complexity index is 415. The lowest BCUT2D eigenvalue weighted by molar-refractivity contribution is 0.367. The lowest BCUT2D eigenvalue weighted by atomic mass is 9.99. The number of rotatable bonds is 6. The maximum absolute atomic E-state index is 8.45. The fourth-order valence-electron chi connectivity index (χ4n) is 2.72. The molecule has 1 atom stereocenters. The highest BCUT2D eigenvalue weighted by Gasteiger charge is 2.20. The molecule has 0 radical (unpaired) electrons. The number of nitrogens with one attached hydrogen (secondary N) is 1. The molecule has 0 aromatic heterocycles. The predicted molar refractivity (Wildman–Crippen MR) is 75.8 cm³/mol. The lowest BCUT2D eigenvalue weighted by Crippen LogP contribution is -2.31. The van der Waals surface area contributed by atoms with E-state index in [9.17, 15) is 0 Å². The minimum absolute atomic E-state index is 0.107. The van der Waals surface area contributed by atoms with Crippen LogP contribution >= 0.6 is 0 Å². The standard InChI is InChI=1S/C16H22N2O/c1-13(15-4-2-3-5-15)18-12-14-6-8-16(9-7-14)19-11-10-17/h6-9,13,15,18H,2-5,11-12H2,1H3/t13-/m0/s1. The van der Waals surface area contributed by atoms with E-state index in [0.29, 0.717) is 6.04 Å². The van der Waals surface area contributed by atoms with E-state index in [0.717, 1.165) is 18.2 Å². The largest absolute Gasteiger partial charge is 0.479 e. The Morgan fingerprint density at radius 1 is 1.32 bits per heavy atom. The first-order valence-corrected chi connectivity index (χ1v) is 7.11. The Morgan fingerprint density at radius 2 is 2.00 bits per heavy atom. The molecule has 1 aromatic rings. The van der Waals surface area contributed by atoms with Crippen LogP contribution in [0.4, 0.5) is 0 Å². The summed E-state index contributed by atoms with van der Waals surface area (Å²) >= 11 is 0. The van der Waals surface area contributed by atoms with E-state index in [-0.39, 0.29) is 6.61 Å². The Kier molecular flexibility index (Phi) is 5.23. The molecule has 1 saturated carbocycles. The van der Waals surface area contributed by atoms with Gasteiger partial charge in [-0.25, -0.2) is 0 Å². The molecule has 19 heavy (non-hydrogen) atoms. The summed E-state index contributed by atoms with van der Waals surface area (Å²) in [5.41, 5.74) is 1.26. The van der Waals surface area contributed by atoms with Crippen LogP contribution in [0.2, 0.25) is 0 Å². The van der Waals surface area contributed by atoms with Gasteiger partial charge in [0.2, 0.25) is 0 Å². The molecule has 1 fully saturated rings. The molecule has 0 saturated heterocycles. The van der Waals surface area contributed by atoms with E-state index in [1.807, 2.05) is 18.2 Å². The highest BCUT2D eigenvalue weighted by molar-refractivity contribution is 5.27. The molecule has 0 heterocycles. The monoisotopic (exact) mass is 258 g/mol. The summed E-state index contributed by atoms with van der Waals surface area (Å²) in [6.07, 6.45) is 5.52. The van der Waals surface area contributed by atoms with Gasteiger partial charge in [0.05, 0.1) is 0 Å². The van der Waals surface area contributed by atoms with Gasteiger partial charge in [0.15, 0.2) is 6.61 Å². The minimum Gasteiger partial charge on any atom is -0.479 e. The number of hydrogen-bond donors (Lipinski definition) is 1. The van der Waals surface area contributed by atoms with Gasteiger partial charge in [-0.15, -0.1) is 0 Å². The molecule has 0 unspecified atom stereocenters. The van der Waals surface area contributed by atoms with Crippen LogP contribution in [-0.4, -0.2) is 12.6 Å². The van der Waals surface area contributed by atoms with Gasteiger partial charge in [0, 0.05) is 12.6 Å². The quantitative estimate of drug-likeness (QED) is 0.852. The summed E-state index contributed by atoms with van der Waals surface area (Å²) in [6.45, 7) is 3.30. The minimum atomic E-state index is 0.107. The Balaban J connectivity index is 1.77. The summed E-state index contributed by atoms with van der Waals surface area (Å²) in [4.78, 5) is 0. The molecule has 3 nitrogen and oxygen atoms in total. The summed E-state index contributed by atoms with van der Waals surface area (Å²) in [5, 5.41) is 12.1. The van der Waals surface area contributed by atoms with E-state index in [2.05, 4.69) is 24.4 Å². The predicted octanol–water partition coefficient (Wildman–Crippen LogP) is 3.26. The van der Waals surface area contributed by atoms with E-state index >= 15 is 0 Å². The molecular weight excluding hydrogens is 236 g/mol. The van der Waals surface area contributed by atoms with E-state index < -0.39 is 0 Å². The Morgan fingerprint density at radius 3 is 2.63 bits per heavy atom. The van der Waals surface area contributed by atoms with Crippen molar-refractivity contribution in [2.24, 2.45) is 5.92 Å². The van der Waals surface area contributed by atoms with Crippen LogP contribution in [0.5, 0.6) is 5.75 Å². The molecule has 1 aliphatic carbocycles. The first kappa shape index (κ1) is 13.9. The van der Waals surface area contributed by atoms with Crippen LogP contribution in [0.15, 0.2) is 24.3 Å². The second kappa shape index (κ2) is 7.16. The van der Waals surface area contributed by atoms with Crippen molar-refractivity contribution in [1.29, 1.82) is 5.26 Å². The number of benzene rings is 1. The molecular formula is C16H22N2O. The zero-order chi connectivity index (χ0) is 13.5. The van der Waals surface area contributed by atoms with Crippen molar-refractivity contribution in [2.45, 2.75) is 45.2 Å². The third-order valence-electron chi connectivity index (χ3n) is 3.96. The molecule has 3 heteroatoms. The van der Waals surface area contributed by atoms with Gasteiger partial charge in [-0.1, -0.05) is 25.0 Å². The average Bonchev–Trinajstić information content (AvgIpc) is 2.98. The molecule has 0 aliphatic heterocycles. The lowest BCUT2D eigenvalue weighted by Gasteiger charge is -2.20. The van der Waals surface area contributed by atoms with Crippen LogP contribution < -0.4 is 10.1 Å². The fraction of sp³-hybridized carbons (Fsp3) is 0.562. The molecule has 102 valence electrons. The molecule has 2 rings (SSSR count). The van der Waals surface area contributed by atoms with Crippen LogP contribution in [0, 0.1) is 17.2 Å². The highest BCUT2D eigenvalue weighted by Crippen LogP contribution is 2.27. The van der Waals surface area contributed by atoms with Crippen LogP contribution in [-0.2, 0) is 6.54 Å². The number of nitrogens with zero attached hydrogens (tertiary/aromatic N) is 1. The van der Waals surface area contributed by atoms with Crippen LogP contribution in [0.1, 0.15) is 38.2 Å². The van der Waals surface area contributed by atoms with E-state index in [1.165, 1.54) is 31.2 Å². The van der Waals surface area contributed by atoms with Crippen molar-refractivity contribution in [2.75, 3.05) is 6.61 Å².